The largest absolute Gasteiger partial charge is 0.313 e. The molecule has 0 saturated carbocycles. The van der Waals surface area contributed by atoms with E-state index >= 15 is 0 Å². The fourth-order valence-electron chi connectivity index (χ4n) is 2.30. The Morgan fingerprint density at radius 3 is 2.60 bits per heavy atom. The molecule has 0 aliphatic rings. The number of benzene rings is 2. The first-order valence-corrected chi connectivity index (χ1v) is 7.55. The minimum Gasteiger partial charge on any atom is -0.313 e. The fourth-order valence-corrected chi connectivity index (χ4v) is 2.94. The smallest absolute Gasteiger partial charge is 0.127 e. The fraction of sp³-hybridized carbons (Fsp3) is 0.250. The van der Waals surface area contributed by atoms with Crippen LogP contribution in [0.4, 0.5) is 4.39 Å². The molecule has 4 heteroatoms. The molecule has 106 valence electrons. The summed E-state index contributed by atoms with van der Waals surface area (Å²) in [5, 5.41) is 3.68. The lowest BCUT2D eigenvalue weighted by Crippen LogP contribution is -2.20. The Kier molecular flexibility index (Phi) is 5.19. The standard InChI is InChI=1S/C16H16BrClFN/c1-10-7-12(17)4-6-14(10)16(20-2)8-11-3-5-13(18)9-15(11)19/h3-7,9,16,20H,8H2,1-2H3. The minimum absolute atomic E-state index is 0.0683. The quantitative estimate of drug-likeness (QED) is 0.808. The Morgan fingerprint density at radius 2 is 2.00 bits per heavy atom. The van der Waals surface area contributed by atoms with Gasteiger partial charge in [-0.25, -0.2) is 4.39 Å². The van der Waals surface area contributed by atoms with Gasteiger partial charge in [0.1, 0.15) is 5.82 Å². The topological polar surface area (TPSA) is 12.0 Å². The molecule has 1 atom stereocenters. The van der Waals surface area contributed by atoms with Crippen molar-refractivity contribution in [3.63, 3.8) is 0 Å². The summed E-state index contributed by atoms with van der Waals surface area (Å²) in [5.74, 6) is -0.257. The lowest BCUT2D eigenvalue weighted by atomic mass is 9.95. The molecule has 1 N–H and O–H groups in total. The average Bonchev–Trinajstić information content (AvgIpc) is 2.39. The van der Waals surface area contributed by atoms with Crippen molar-refractivity contribution in [1.29, 1.82) is 0 Å². The van der Waals surface area contributed by atoms with E-state index in [0.717, 1.165) is 4.47 Å². The lowest BCUT2D eigenvalue weighted by Gasteiger charge is -2.19. The number of nitrogens with one attached hydrogen (secondary N) is 1. The van der Waals surface area contributed by atoms with Gasteiger partial charge in [0.05, 0.1) is 0 Å². The highest BCUT2D eigenvalue weighted by Gasteiger charge is 2.15. The third kappa shape index (κ3) is 3.60. The Bertz CT molecular complexity index is 615. The molecule has 0 aliphatic carbocycles. The summed E-state index contributed by atoms with van der Waals surface area (Å²) < 4.78 is 15.0. The zero-order valence-corrected chi connectivity index (χ0v) is 13.7. The van der Waals surface area contributed by atoms with Gasteiger partial charge in [0, 0.05) is 15.5 Å². The molecule has 2 aromatic carbocycles. The number of likely N-dealkylation sites (N-methyl/N-ethyl adjacent to an activating group) is 1. The van der Waals surface area contributed by atoms with Crippen molar-refractivity contribution in [1.82, 2.24) is 5.32 Å². The first kappa shape index (κ1) is 15.5. The molecule has 2 rings (SSSR count). The molecule has 0 spiro atoms. The van der Waals surface area contributed by atoms with Gasteiger partial charge in [0.15, 0.2) is 0 Å². The molecule has 0 radical (unpaired) electrons. The predicted molar refractivity (Wildman–Crippen MR) is 85.8 cm³/mol. The van der Waals surface area contributed by atoms with E-state index in [1.807, 2.05) is 13.1 Å². The van der Waals surface area contributed by atoms with E-state index in [-0.39, 0.29) is 11.9 Å². The molecule has 0 aliphatic heterocycles. The van der Waals surface area contributed by atoms with E-state index in [2.05, 4.69) is 40.3 Å². The van der Waals surface area contributed by atoms with Crippen LogP contribution >= 0.6 is 27.5 Å². The van der Waals surface area contributed by atoms with Crippen molar-refractivity contribution >= 4 is 27.5 Å². The van der Waals surface area contributed by atoms with Crippen LogP contribution in [0.1, 0.15) is 22.7 Å². The van der Waals surface area contributed by atoms with Gasteiger partial charge in [-0.3, -0.25) is 0 Å². The van der Waals surface area contributed by atoms with Crippen molar-refractivity contribution in [2.75, 3.05) is 7.05 Å². The Balaban J connectivity index is 2.28. The van der Waals surface area contributed by atoms with Crippen molar-refractivity contribution < 1.29 is 4.39 Å². The van der Waals surface area contributed by atoms with Gasteiger partial charge in [-0.15, -0.1) is 0 Å². The highest BCUT2D eigenvalue weighted by atomic mass is 79.9. The molecule has 0 heterocycles. The third-order valence-electron chi connectivity index (χ3n) is 3.39. The third-order valence-corrected chi connectivity index (χ3v) is 4.12. The Hall–Kier alpha value is -0.900. The molecular weight excluding hydrogens is 341 g/mol. The second-order valence-electron chi connectivity index (χ2n) is 4.78. The van der Waals surface area contributed by atoms with Crippen LogP contribution in [0.25, 0.3) is 0 Å². The first-order chi connectivity index (χ1) is 9.51. The number of halogens is 3. The molecule has 20 heavy (non-hydrogen) atoms. The lowest BCUT2D eigenvalue weighted by molar-refractivity contribution is 0.552. The van der Waals surface area contributed by atoms with Crippen molar-refractivity contribution in [2.45, 2.75) is 19.4 Å². The highest BCUT2D eigenvalue weighted by molar-refractivity contribution is 9.10. The molecule has 0 saturated heterocycles. The summed E-state index contributed by atoms with van der Waals surface area (Å²) >= 11 is 9.24. The van der Waals surface area contributed by atoms with Crippen LogP contribution in [0.5, 0.6) is 0 Å². The summed E-state index contributed by atoms with van der Waals surface area (Å²) in [5.41, 5.74) is 3.01. The van der Waals surface area contributed by atoms with E-state index in [9.17, 15) is 4.39 Å². The van der Waals surface area contributed by atoms with Crippen LogP contribution in [0.2, 0.25) is 5.02 Å². The number of hydrogen-bond acceptors (Lipinski definition) is 1. The maximum absolute atomic E-state index is 13.9. The zero-order valence-electron chi connectivity index (χ0n) is 11.4. The molecular formula is C16H16BrClFN. The second-order valence-corrected chi connectivity index (χ2v) is 6.13. The van der Waals surface area contributed by atoms with Crippen LogP contribution in [-0.2, 0) is 6.42 Å². The van der Waals surface area contributed by atoms with E-state index in [0.29, 0.717) is 17.0 Å². The van der Waals surface area contributed by atoms with Crippen LogP contribution in [0, 0.1) is 12.7 Å². The van der Waals surface area contributed by atoms with Gasteiger partial charge in [-0.2, -0.15) is 0 Å². The number of rotatable bonds is 4. The van der Waals surface area contributed by atoms with Gasteiger partial charge < -0.3 is 5.32 Å². The predicted octanol–water partition coefficient (Wildman–Crippen LogP) is 5.05. The summed E-state index contributed by atoms with van der Waals surface area (Å²) in [4.78, 5) is 0. The summed E-state index contributed by atoms with van der Waals surface area (Å²) in [6.45, 7) is 2.06. The number of aryl methyl sites for hydroxylation is 1. The summed E-state index contributed by atoms with van der Waals surface area (Å²) in [6.07, 6.45) is 0.585. The maximum atomic E-state index is 13.9. The van der Waals surface area contributed by atoms with Gasteiger partial charge in [0.2, 0.25) is 0 Å². The minimum atomic E-state index is -0.257. The van der Waals surface area contributed by atoms with Crippen molar-refractivity contribution in [3.8, 4) is 0 Å². The van der Waals surface area contributed by atoms with Gasteiger partial charge in [-0.05, 0) is 61.3 Å². The van der Waals surface area contributed by atoms with E-state index in [1.165, 1.54) is 17.2 Å². The van der Waals surface area contributed by atoms with Crippen LogP contribution in [0.3, 0.4) is 0 Å². The molecule has 0 aromatic heterocycles. The summed E-state index contributed by atoms with van der Waals surface area (Å²) in [6, 6.07) is 11.0. The van der Waals surface area contributed by atoms with E-state index in [1.54, 1.807) is 12.1 Å². The molecule has 2 aromatic rings. The van der Waals surface area contributed by atoms with Crippen LogP contribution in [0.15, 0.2) is 40.9 Å². The second kappa shape index (κ2) is 6.70. The molecule has 1 nitrogen and oxygen atoms in total. The van der Waals surface area contributed by atoms with Crippen molar-refractivity contribution in [2.24, 2.45) is 0 Å². The first-order valence-electron chi connectivity index (χ1n) is 6.38. The molecule has 1 unspecified atom stereocenters. The zero-order chi connectivity index (χ0) is 14.7. The summed E-state index contributed by atoms with van der Waals surface area (Å²) in [7, 11) is 1.89. The van der Waals surface area contributed by atoms with Gasteiger partial charge in [0.25, 0.3) is 0 Å². The Morgan fingerprint density at radius 1 is 1.25 bits per heavy atom. The Labute approximate surface area is 132 Å². The van der Waals surface area contributed by atoms with Gasteiger partial charge in [-0.1, -0.05) is 39.7 Å². The molecule has 0 bridgehead atoms. The highest BCUT2D eigenvalue weighted by Crippen LogP contribution is 2.26. The normalized spacial score (nSPS) is 12.4. The maximum Gasteiger partial charge on any atom is 0.127 e. The molecule has 0 fully saturated rings. The van der Waals surface area contributed by atoms with Crippen LogP contribution < -0.4 is 5.32 Å². The van der Waals surface area contributed by atoms with E-state index < -0.39 is 0 Å². The monoisotopic (exact) mass is 355 g/mol. The van der Waals surface area contributed by atoms with Crippen LogP contribution in [-0.4, -0.2) is 7.05 Å². The number of hydrogen-bond donors (Lipinski definition) is 1. The average molecular weight is 357 g/mol. The molecule has 0 amide bonds. The van der Waals surface area contributed by atoms with E-state index in [4.69, 9.17) is 11.6 Å². The van der Waals surface area contributed by atoms with Gasteiger partial charge >= 0.3 is 0 Å². The SMILES string of the molecule is CNC(Cc1ccc(Cl)cc1F)c1ccc(Br)cc1C. The van der Waals surface area contributed by atoms with Crippen molar-refractivity contribution in [3.05, 3.63) is 68.4 Å².